The number of nitriles is 1. The number of amides is 1. The van der Waals surface area contributed by atoms with Crippen molar-refractivity contribution < 1.29 is 14.7 Å². The Labute approximate surface area is 98.5 Å². The van der Waals surface area contributed by atoms with Crippen LogP contribution in [0, 0.1) is 17.2 Å². The van der Waals surface area contributed by atoms with Gasteiger partial charge in [-0.05, 0) is 30.5 Å². The Bertz CT molecular complexity index is 446. The molecule has 1 rings (SSSR count). The lowest BCUT2D eigenvalue weighted by molar-refractivity contribution is -0.146. The molecule has 0 radical (unpaired) electrons. The van der Waals surface area contributed by atoms with Crippen LogP contribution >= 0.6 is 0 Å². The van der Waals surface area contributed by atoms with E-state index in [9.17, 15) is 9.59 Å². The molecule has 0 spiro atoms. The summed E-state index contributed by atoms with van der Waals surface area (Å²) in [4.78, 5) is 21.6. The van der Waals surface area contributed by atoms with Gasteiger partial charge in [0.1, 0.15) is 5.92 Å². The van der Waals surface area contributed by atoms with E-state index in [0.717, 1.165) is 5.56 Å². The third-order valence-corrected chi connectivity index (χ3v) is 2.45. The molecule has 0 aliphatic carbocycles. The summed E-state index contributed by atoms with van der Waals surface area (Å²) in [6, 6.07) is 8.75. The van der Waals surface area contributed by atoms with Gasteiger partial charge in [-0.1, -0.05) is 12.1 Å². The molecular weight excluding hydrogens is 220 g/mol. The molecule has 0 bridgehead atoms. The smallest absolute Gasteiger partial charge is 0.316 e. The average Bonchev–Trinajstić information content (AvgIpc) is 2.29. The van der Waals surface area contributed by atoms with Crippen molar-refractivity contribution in [2.24, 2.45) is 11.7 Å². The Morgan fingerprint density at radius 2 is 1.94 bits per heavy atom. The maximum atomic E-state index is 10.9. The second-order valence-corrected chi connectivity index (χ2v) is 3.64. The van der Waals surface area contributed by atoms with Crippen LogP contribution in [0.2, 0.25) is 0 Å². The lowest BCUT2D eigenvalue weighted by atomic mass is 9.98. The predicted octanol–water partition coefficient (Wildman–Crippen LogP) is 0.677. The van der Waals surface area contributed by atoms with Crippen LogP contribution in [0.4, 0.5) is 0 Å². The van der Waals surface area contributed by atoms with Gasteiger partial charge in [0.25, 0.3) is 0 Å². The van der Waals surface area contributed by atoms with Gasteiger partial charge in [0.05, 0.1) is 11.6 Å². The van der Waals surface area contributed by atoms with Crippen LogP contribution < -0.4 is 5.73 Å². The fourth-order valence-corrected chi connectivity index (χ4v) is 1.44. The third-order valence-electron chi connectivity index (χ3n) is 2.45. The first-order valence-corrected chi connectivity index (χ1v) is 5.05. The first-order chi connectivity index (χ1) is 8.04. The SMILES string of the molecule is N#Cc1ccc(CCC(C(N)=O)C(=O)O)cc1. The van der Waals surface area contributed by atoms with Crippen molar-refractivity contribution in [2.45, 2.75) is 12.8 Å². The molecule has 5 heteroatoms. The van der Waals surface area contributed by atoms with Crippen LogP contribution in [0.15, 0.2) is 24.3 Å². The molecule has 0 aliphatic heterocycles. The van der Waals surface area contributed by atoms with Crippen molar-refractivity contribution >= 4 is 11.9 Å². The van der Waals surface area contributed by atoms with E-state index in [1.165, 1.54) is 0 Å². The predicted molar refractivity (Wildman–Crippen MR) is 59.8 cm³/mol. The molecule has 0 saturated heterocycles. The summed E-state index contributed by atoms with van der Waals surface area (Å²) in [6.45, 7) is 0. The van der Waals surface area contributed by atoms with E-state index in [2.05, 4.69) is 0 Å². The molecule has 88 valence electrons. The Kier molecular flexibility index (Phi) is 4.23. The summed E-state index contributed by atoms with van der Waals surface area (Å²) in [5.41, 5.74) is 6.40. The maximum absolute atomic E-state index is 10.9. The minimum absolute atomic E-state index is 0.163. The first-order valence-electron chi connectivity index (χ1n) is 5.05. The number of hydrogen-bond acceptors (Lipinski definition) is 3. The third kappa shape index (κ3) is 3.61. The largest absolute Gasteiger partial charge is 0.481 e. The molecule has 1 aromatic rings. The highest BCUT2D eigenvalue weighted by atomic mass is 16.4. The number of aryl methyl sites for hydroxylation is 1. The molecule has 0 aliphatic rings. The number of carboxylic acids is 1. The standard InChI is InChI=1S/C12H12N2O3/c13-7-9-3-1-8(2-4-9)5-6-10(11(14)15)12(16)17/h1-4,10H,5-6H2,(H2,14,15)(H,16,17). The number of benzene rings is 1. The monoisotopic (exact) mass is 232 g/mol. The van der Waals surface area contributed by atoms with Gasteiger partial charge in [-0.2, -0.15) is 5.26 Å². The average molecular weight is 232 g/mol. The van der Waals surface area contributed by atoms with Crippen LogP contribution in [-0.4, -0.2) is 17.0 Å². The van der Waals surface area contributed by atoms with Gasteiger partial charge in [0, 0.05) is 0 Å². The number of nitrogens with two attached hydrogens (primary N) is 1. The van der Waals surface area contributed by atoms with Crippen LogP contribution in [0.25, 0.3) is 0 Å². The number of carboxylic acid groups (broad SMARTS) is 1. The normalized spacial score (nSPS) is 11.5. The number of primary amides is 1. The van der Waals surface area contributed by atoms with Crippen molar-refractivity contribution in [3.05, 3.63) is 35.4 Å². The van der Waals surface area contributed by atoms with Gasteiger partial charge in [-0.25, -0.2) is 0 Å². The van der Waals surface area contributed by atoms with Crippen molar-refractivity contribution in [1.29, 1.82) is 5.26 Å². The lowest BCUT2D eigenvalue weighted by Gasteiger charge is -2.07. The van der Waals surface area contributed by atoms with E-state index in [1.54, 1.807) is 24.3 Å². The lowest BCUT2D eigenvalue weighted by Crippen LogP contribution is -2.30. The Morgan fingerprint density at radius 1 is 1.35 bits per heavy atom. The molecule has 0 saturated carbocycles. The second kappa shape index (κ2) is 5.66. The van der Waals surface area contributed by atoms with Crippen LogP contribution in [-0.2, 0) is 16.0 Å². The van der Waals surface area contributed by atoms with Crippen molar-refractivity contribution in [2.75, 3.05) is 0 Å². The number of rotatable bonds is 5. The van der Waals surface area contributed by atoms with Crippen molar-refractivity contribution in [3.8, 4) is 6.07 Å². The molecule has 3 N–H and O–H groups in total. The van der Waals surface area contributed by atoms with E-state index in [0.29, 0.717) is 12.0 Å². The van der Waals surface area contributed by atoms with Crippen LogP contribution in [0.1, 0.15) is 17.5 Å². The molecule has 1 amide bonds. The Balaban J connectivity index is 2.63. The molecule has 17 heavy (non-hydrogen) atoms. The minimum atomic E-state index is -1.20. The molecule has 5 nitrogen and oxygen atoms in total. The molecule has 1 aromatic carbocycles. The Morgan fingerprint density at radius 3 is 2.35 bits per heavy atom. The topological polar surface area (TPSA) is 104 Å². The summed E-state index contributed by atoms with van der Waals surface area (Å²) >= 11 is 0. The zero-order chi connectivity index (χ0) is 12.8. The summed E-state index contributed by atoms with van der Waals surface area (Å²) in [5, 5.41) is 17.4. The van der Waals surface area contributed by atoms with Crippen LogP contribution in [0.5, 0.6) is 0 Å². The van der Waals surface area contributed by atoms with Gasteiger partial charge >= 0.3 is 5.97 Å². The molecule has 0 aromatic heterocycles. The Hall–Kier alpha value is -2.35. The van der Waals surface area contributed by atoms with E-state index >= 15 is 0 Å². The molecule has 0 heterocycles. The molecule has 1 unspecified atom stereocenters. The van der Waals surface area contributed by atoms with Gasteiger partial charge in [-0.3, -0.25) is 9.59 Å². The van der Waals surface area contributed by atoms with Gasteiger partial charge in [0.15, 0.2) is 0 Å². The van der Waals surface area contributed by atoms with Gasteiger partial charge < -0.3 is 10.8 Å². The first kappa shape index (κ1) is 12.7. The van der Waals surface area contributed by atoms with Gasteiger partial charge in [-0.15, -0.1) is 0 Å². The van der Waals surface area contributed by atoms with E-state index < -0.39 is 17.8 Å². The minimum Gasteiger partial charge on any atom is -0.481 e. The summed E-state index contributed by atoms with van der Waals surface area (Å²) in [6.07, 6.45) is 0.599. The fourth-order valence-electron chi connectivity index (χ4n) is 1.44. The van der Waals surface area contributed by atoms with Crippen molar-refractivity contribution in [1.82, 2.24) is 0 Å². The molecular formula is C12H12N2O3. The molecule has 1 atom stereocenters. The van der Waals surface area contributed by atoms with Crippen LogP contribution in [0.3, 0.4) is 0 Å². The zero-order valence-electron chi connectivity index (χ0n) is 9.09. The molecule has 0 fully saturated rings. The quantitative estimate of drug-likeness (QED) is 0.728. The maximum Gasteiger partial charge on any atom is 0.316 e. The van der Waals surface area contributed by atoms with E-state index in [4.69, 9.17) is 16.1 Å². The second-order valence-electron chi connectivity index (χ2n) is 3.64. The highest BCUT2D eigenvalue weighted by Crippen LogP contribution is 2.11. The van der Waals surface area contributed by atoms with Gasteiger partial charge in [0.2, 0.25) is 5.91 Å². The number of aliphatic carboxylic acids is 1. The highest BCUT2D eigenvalue weighted by Gasteiger charge is 2.22. The van der Waals surface area contributed by atoms with E-state index in [-0.39, 0.29) is 6.42 Å². The van der Waals surface area contributed by atoms with Crippen molar-refractivity contribution in [3.63, 3.8) is 0 Å². The number of carbonyl (C=O) groups excluding carboxylic acids is 1. The zero-order valence-corrected chi connectivity index (χ0v) is 9.09. The fraction of sp³-hybridized carbons (Fsp3) is 0.250. The summed E-state index contributed by atoms with van der Waals surface area (Å²) in [5.74, 6) is -3.19. The highest BCUT2D eigenvalue weighted by molar-refractivity contribution is 5.95. The number of hydrogen-bond donors (Lipinski definition) is 2. The summed E-state index contributed by atoms with van der Waals surface area (Å²) < 4.78 is 0. The number of carbonyl (C=O) groups is 2. The van der Waals surface area contributed by atoms with E-state index in [1.807, 2.05) is 6.07 Å². The summed E-state index contributed by atoms with van der Waals surface area (Å²) in [7, 11) is 0. The number of nitrogens with zero attached hydrogens (tertiary/aromatic N) is 1.